The second-order valence-electron chi connectivity index (χ2n) is 4.22. The first kappa shape index (κ1) is 21.1. The summed E-state index contributed by atoms with van der Waals surface area (Å²) in [5.41, 5.74) is 2.40. The molecule has 0 amide bonds. The zero-order chi connectivity index (χ0) is 11.5. The molecule has 2 nitrogen and oxygen atoms in total. The Morgan fingerprint density at radius 2 is 1.63 bits per heavy atom. The van der Waals surface area contributed by atoms with Crippen molar-refractivity contribution in [2.24, 2.45) is 0 Å². The molecule has 19 heavy (non-hydrogen) atoms. The molecule has 2 rings (SSSR count). The minimum absolute atomic E-state index is 0. The van der Waals surface area contributed by atoms with Crippen molar-refractivity contribution in [3.05, 3.63) is 30.1 Å². The van der Waals surface area contributed by atoms with E-state index in [1.807, 2.05) is 0 Å². The van der Waals surface area contributed by atoms with E-state index in [-0.39, 0.29) is 41.9 Å². The molecule has 0 aliphatic carbocycles. The number of nitrogens with zero attached hydrogens (tertiary/aromatic N) is 2. The zero-order valence-corrected chi connectivity index (χ0v) is 13.9. The van der Waals surface area contributed by atoms with Gasteiger partial charge in [-0.15, -0.1) is 0 Å². The first-order valence-corrected chi connectivity index (χ1v) is 6.26. The van der Waals surface area contributed by atoms with Crippen LogP contribution in [0.15, 0.2) is 24.3 Å². The van der Waals surface area contributed by atoms with E-state index in [2.05, 4.69) is 49.6 Å². The van der Waals surface area contributed by atoms with Crippen LogP contribution in [0.25, 0.3) is 11.0 Å². The predicted molar refractivity (Wildman–Crippen MR) is 68.7 cm³/mol. The predicted octanol–water partition coefficient (Wildman–Crippen LogP) is -2.03. The van der Waals surface area contributed by atoms with Gasteiger partial charge in [0.2, 0.25) is 0 Å². The van der Waals surface area contributed by atoms with Crippen LogP contribution >= 0.6 is 0 Å². The molecule has 0 saturated carbocycles. The fourth-order valence-corrected chi connectivity index (χ4v) is 2.39. The smallest absolute Gasteiger partial charge is 1.00 e. The van der Waals surface area contributed by atoms with E-state index in [9.17, 15) is 0 Å². The third kappa shape index (κ3) is 4.13. The van der Waals surface area contributed by atoms with Gasteiger partial charge in [0.15, 0.2) is 0 Å². The van der Waals surface area contributed by atoms with Gasteiger partial charge in [-0.25, -0.2) is 4.98 Å². The van der Waals surface area contributed by atoms with Gasteiger partial charge in [0.25, 0.3) is 0 Å². The van der Waals surface area contributed by atoms with Crippen LogP contribution in [-0.2, 0) is 23.6 Å². The molecule has 1 radical (unpaired) electrons. The number of aromatic nitrogens is 2. The topological polar surface area (TPSA) is 17.8 Å². The van der Waals surface area contributed by atoms with Gasteiger partial charge in [0.1, 0.15) is 5.82 Å². The first-order chi connectivity index (χ1) is 7.81. The van der Waals surface area contributed by atoms with Gasteiger partial charge in [-0.05, 0) is 31.9 Å². The van der Waals surface area contributed by atoms with Crippen LogP contribution in [0.4, 0.5) is 0 Å². The summed E-state index contributed by atoms with van der Waals surface area (Å²) in [6.45, 7) is 7.69. The Labute approximate surface area is 138 Å². The van der Waals surface area contributed by atoms with Crippen LogP contribution in [0.3, 0.4) is 0 Å². The number of para-hydroxylation sites is 2. The average molecular weight is 351 g/mol. The third-order valence-electron chi connectivity index (χ3n) is 3.35. The molecule has 0 atom stereocenters. The Morgan fingerprint density at radius 3 is 2.16 bits per heavy atom. The number of benzene rings is 1. The minimum Gasteiger partial charge on any atom is -1.00 e. The molecule has 0 fully saturated rings. The summed E-state index contributed by atoms with van der Waals surface area (Å²) in [7, 11) is 0. The van der Waals surface area contributed by atoms with Gasteiger partial charge in [-0.1, -0.05) is 26.0 Å². The summed E-state index contributed by atoms with van der Waals surface area (Å²) in [4.78, 5) is 4.79. The quantitative estimate of drug-likeness (QED) is 0.581. The fraction of sp³-hybridized carbons (Fsp3) is 0.500. The van der Waals surface area contributed by atoms with Crippen LogP contribution < -0.4 is 24.8 Å². The van der Waals surface area contributed by atoms with Crippen molar-refractivity contribution in [2.45, 2.75) is 46.1 Å². The molecule has 1 heterocycles. The summed E-state index contributed by atoms with van der Waals surface area (Å²) in [5.74, 6) is 1.85. The number of hydrogen-bond acceptors (Lipinski definition) is 1. The van der Waals surface area contributed by atoms with Crippen molar-refractivity contribution in [3.8, 4) is 0 Å². The number of imidazole rings is 1. The maximum atomic E-state index is 4.79. The molecule has 0 bridgehead atoms. The van der Waals surface area contributed by atoms with E-state index in [4.69, 9.17) is 4.98 Å². The van der Waals surface area contributed by atoms with E-state index in [0.29, 0.717) is 5.92 Å². The monoisotopic (exact) mass is 349 g/mol. The average Bonchev–Trinajstić information content (AvgIpc) is 2.69. The largest absolute Gasteiger partial charge is 2.00 e. The van der Waals surface area contributed by atoms with Crippen molar-refractivity contribution >= 4 is 11.0 Å². The molecule has 0 saturated heterocycles. The molecular formula is C14H20Cl2CuN2. The van der Waals surface area contributed by atoms with Crippen LogP contribution in [0.2, 0.25) is 0 Å². The molecular weight excluding hydrogens is 331 g/mol. The number of rotatable bonds is 4. The van der Waals surface area contributed by atoms with Gasteiger partial charge in [0, 0.05) is 12.5 Å². The van der Waals surface area contributed by atoms with Crippen LogP contribution in [0.5, 0.6) is 0 Å². The van der Waals surface area contributed by atoms with E-state index < -0.39 is 0 Å². The van der Waals surface area contributed by atoms with Crippen LogP contribution in [0.1, 0.15) is 45.4 Å². The Bertz CT molecular complexity index is 481. The van der Waals surface area contributed by atoms with Gasteiger partial charge < -0.3 is 29.4 Å². The van der Waals surface area contributed by atoms with E-state index in [1.165, 1.54) is 24.2 Å². The Kier molecular flexibility index (Phi) is 10.7. The standard InChI is InChI=1S/C14H20N2.2ClH.Cu/c1-4-11(5-2)14-15-12-9-7-8-10-13(12)16(14)6-3;;;/h7-11H,4-6H2,1-3H3;2*1H;/q;;;+2/p-2. The Morgan fingerprint density at radius 1 is 1.05 bits per heavy atom. The van der Waals surface area contributed by atoms with Crippen LogP contribution in [0, 0.1) is 0 Å². The number of fused-ring (bicyclic) bond motifs is 1. The second-order valence-corrected chi connectivity index (χ2v) is 4.22. The summed E-state index contributed by atoms with van der Waals surface area (Å²) < 4.78 is 2.35. The van der Waals surface area contributed by atoms with E-state index in [0.717, 1.165) is 12.1 Å². The molecule has 5 heteroatoms. The minimum atomic E-state index is 0. The summed E-state index contributed by atoms with van der Waals surface area (Å²) in [6.07, 6.45) is 2.33. The van der Waals surface area contributed by atoms with Gasteiger partial charge >= 0.3 is 17.1 Å². The molecule has 0 N–H and O–H groups in total. The molecule has 2 aromatic rings. The molecule has 1 aromatic carbocycles. The van der Waals surface area contributed by atoms with Crippen molar-refractivity contribution in [1.82, 2.24) is 9.55 Å². The maximum Gasteiger partial charge on any atom is 2.00 e. The normalized spacial score (nSPS) is 9.68. The molecule has 0 aliphatic heterocycles. The molecule has 0 spiro atoms. The Balaban J connectivity index is 0. The van der Waals surface area contributed by atoms with E-state index in [1.54, 1.807) is 0 Å². The van der Waals surface area contributed by atoms with Crippen LogP contribution in [-0.4, -0.2) is 9.55 Å². The number of aryl methyl sites for hydroxylation is 1. The van der Waals surface area contributed by atoms with Gasteiger partial charge in [0.05, 0.1) is 11.0 Å². The molecule has 111 valence electrons. The summed E-state index contributed by atoms with van der Waals surface area (Å²) in [5, 5.41) is 0. The molecule has 0 unspecified atom stereocenters. The second kappa shape index (κ2) is 9.66. The Hall–Kier alpha value is -0.211. The zero-order valence-electron chi connectivity index (χ0n) is 11.5. The molecule has 0 aliphatic rings. The SMILES string of the molecule is CCC(CC)c1nc2ccccc2n1CC.[Cl-].[Cl-].[Cu+2]. The van der Waals surface area contributed by atoms with Crippen molar-refractivity contribution in [1.29, 1.82) is 0 Å². The fourth-order valence-electron chi connectivity index (χ4n) is 2.39. The van der Waals surface area contributed by atoms with Gasteiger partial charge in [-0.3, -0.25) is 0 Å². The first-order valence-electron chi connectivity index (χ1n) is 6.26. The molecule has 1 aromatic heterocycles. The van der Waals surface area contributed by atoms with E-state index >= 15 is 0 Å². The number of halogens is 2. The van der Waals surface area contributed by atoms with Gasteiger partial charge in [-0.2, -0.15) is 0 Å². The van der Waals surface area contributed by atoms with Crippen molar-refractivity contribution in [3.63, 3.8) is 0 Å². The van der Waals surface area contributed by atoms with Crippen molar-refractivity contribution in [2.75, 3.05) is 0 Å². The maximum absolute atomic E-state index is 4.79. The summed E-state index contributed by atoms with van der Waals surface area (Å²) >= 11 is 0. The summed E-state index contributed by atoms with van der Waals surface area (Å²) in [6, 6.07) is 8.42. The van der Waals surface area contributed by atoms with Crippen molar-refractivity contribution < 1.29 is 41.9 Å². The third-order valence-corrected chi connectivity index (χ3v) is 3.35. The number of hydrogen-bond donors (Lipinski definition) is 0.